The van der Waals surface area contributed by atoms with Gasteiger partial charge in [0.1, 0.15) is 12.4 Å². The first kappa shape index (κ1) is 18.9. The summed E-state index contributed by atoms with van der Waals surface area (Å²) >= 11 is 15.9. The third-order valence-corrected chi connectivity index (χ3v) is 2.52. The number of allylic oxidation sites excluding steroid dienone is 2. The average molecular weight is 333 g/mol. The summed E-state index contributed by atoms with van der Waals surface area (Å²) in [5.41, 5.74) is 2.11. The van der Waals surface area contributed by atoms with Crippen LogP contribution in [0.4, 0.5) is 0 Å². The number of ether oxygens (including phenoxy) is 1. The molecule has 0 aliphatic carbocycles. The fourth-order valence-electron chi connectivity index (χ4n) is 1.03. The van der Waals surface area contributed by atoms with E-state index in [-0.39, 0.29) is 0 Å². The maximum absolute atomic E-state index is 8.56. The van der Waals surface area contributed by atoms with Crippen LogP contribution in [-0.2, 0) is 0 Å². The highest BCUT2D eigenvalue weighted by molar-refractivity contribution is 6.25. The molecule has 0 heterocycles. The lowest BCUT2D eigenvalue weighted by Crippen LogP contribution is -1.93. The zero-order chi connectivity index (χ0) is 15.1. The molecule has 0 N–H and O–H groups in total. The second-order valence-electron chi connectivity index (χ2n) is 3.41. The first-order chi connectivity index (χ1) is 9.78. The zero-order valence-electron chi connectivity index (χ0n) is 10.9. The van der Waals surface area contributed by atoms with Crippen molar-refractivity contribution in [1.29, 1.82) is 5.26 Å². The highest BCUT2D eigenvalue weighted by Gasteiger charge is 1.92. The third-order valence-electron chi connectivity index (χ3n) is 1.95. The molecular weight excluding hydrogens is 317 g/mol. The Morgan fingerprint density at radius 3 is 2.25 bits per heavy atom. The predicted molar refractivity (Wildman–Crippen MR) is 86.8 cm³/mol. The Morgan fingerprint density at radius 1 is 1.10 bits per heavy atom. The molecule has 0 fully saturated rings. The first-order valence-corrected chi connectivity index (χ1v) is 7.44. The maximum atomic E-state index is 8.56. The molecule has 0 spiro atoms. The van der Waals surface area contributed by atoms with E-state index in [4.69, 9.17) is 44.8 Å². The molecule has 0 saturated carbocycles. The highest BCUT2D eigenvalue weighted by Crippen LogP contribution is 2.11. The molecule has 0 amide bonds. The summed E-state index contributed by atoms with van der Waals surface area (Å²) in [7, 11) is 0. The second-order valence-corrected chi connectivity index (χ2v) is 4.35. The minimum absolute atomic E-state index is 0.497. The molecule has 20 heavy (non-hydrogen) atoms. The molecule has 1 aromatic carbocycles. The normalized spacial score (nSPS) is 10.1. The van der Waals surface area contributed by atoms with Crippen LogP contribution in [0.1, 0.15) is 12.0 Å². The SMILES string of the molecule is ClC=CCCCl.N#Cc1ccc(OCC=CCCl)cc1. The Labute approximate surface area is 135 Å². The van der Waals surface area contributed by atoms with Gasteiger partial charge in [-0.3, -0.25) is 0 Å². The van der Waals surface area contributed by atoms with Crippen molar-refractivity contribution in [3.05, 3.63) is 53.6 Å². The van der Waals surface area contributed by atoms with Gasteiger partial charge in [-0.1, -0.05) is 29.8 Å². The Hall–Kier alpha value is -1.14. The molecule has 0 unspecified atom stereocenters. The van der Waals surface area contributed by atoms with Crippen molar-refractivity contribution in [2.75, 3.05) is 18.4 Å². The van der Waals surface area contributed by atoms with Crippen LogP contribution in [0.2, 0.25) is 0 Å². The molecular formula is C15H16Cl3NO. The number of halogens is 3. The van der Waals surface area contributed by atoms with Gasteiger partial charge in [-0.25, -0.2) is 0 Å². The summed E-state index contributed by atoms with van der Waals surface area (Å²) in [5, 5.41) is 8.56. The fraction of sp³-hybridized carbons (Fsp3) is 0.267. The number of alkyl halides is 2. The molecule has 108 valence electrons. The van der Waals surface area contributed by atoms with Gasteiger partial charge in [0, 0.05) is 17.3 Å². The second kappa shape index (κ2) is 14.3. The van der Waals surface area contributed by atoms with Gasteiger partial charge in [0.2, 0.25) is 0 Å². The van der Waals surface area contributed by atoms with E-state index in [2.05, 4.69) is 0 Å². The first-order valence-electron chi connectivity index (χ1n) is 5.93. The highest BCUT2D eigenvalue weighted by atomic mass is 35.5. The minimum atomic E-state index is 0.497. The van der Waals surface area contributed by atoms with E-state index in [0.717, 1.165) is 12.2 Å². The maximum Gasteiger partial charge on any atom is 0.119 e. The van der Waals surface area contributed by atoms with Gasteiger partial charge in [0.25, 0.3) is 0 Å². The molecule has 1 aromatic rings. The summed E-state index contributed by atoms with van der Waals surface area (Å²) < 4.78 is 5.35. The average Bonchev–Trinajstić information content (AvgIpc) is 2.51. The minimum Gasteiger partial charge on any atom is -0.490 e. The van der Waals surface area contributed by atoms with Crippen LogP contribution in [0, 0.1) is 11.3 Å². The van der Waals surface area contributed by atoms with E-state index >= 15 is 0 Å². The van der Waals surface area contributed by atoms with Crippen LogP contribution in [-0.4, -0.2) is 18.4 Å². The summed E-state index contributed by atoms with van der Waals surface area (Å²) in [6, 6.07) is 9.03. The van der Waals surface area contributed by atoms with E-state index < -0.39 is 0 Å². The van der Waals surface area contributed by atoms with Crippen LogP contribution in [0.15, 0.2) is 48.0 Å². The lowest BCUT2D eigenvalue weighted by atomic mass is 10.2. The van der Waals surface area contributed by atoms with Crippen molar-refractivity contribution in [2.24, 2.45) is 0 Å². The van der Waals surface area contributed by atoms with E-state index in [0.29, 0.717) is 23.9 Å². The molecule has 0 radical (unpaired) electrons. The quantitative estimate of drug-likeness (QED) is 0.536. The van der Waals surface area contributed by atoms with Gasteiger partial charge in [-0.2, -0.15) is 5.26 Å². The van der Waals surface area contributed by atoms with Crippen molar-refractivity contribution >= 4 is 34.8 Å². The van der Waals surface area contributed by atoms with Crippen LogP contribution in [0.25, 0.3) is 0 Å². The third kappa shape index (κ3) is 10.8. The van der Waals surface area contributed by atoms with Gasteiger partial charge >= 0.3 is 0 Å². The van der Waals surface area contributed by atoms with E-state index in [9.17, 15) is 0 Å². The molecule has 0 aromatic heterocycles. The van der Waals surface area contributed by atoms with E-state index in [1.165, 1.54) is 5.54 Å². The molecule has 0 atom stereocenters. The van der Waals surface area contributed by atoms with Crippen molar-refractivity contribution < 1.29 is 4.74 Å². The molecule has 0 saturated heterocycles. The van der Waals surface area contributed by atoms with Gasteiger partial charge in [0.15, 0.2) is 0 Å². The monoisotopic (exact) mass is 331 g/mol. The van der Waals surface area contributed by atoms with Gasteiger partial charge < -0.3 is 4.74 Å². The Balaban J connectivity index is 0.000000511. The summed E-state index contributed by atoms with van der Waals surface area (Å²) in [6.45, 7) is 0.499. The van der Waals surface area contributed by atoms with Crippen molar-refractivity contribution in [3.8, 4) is 11.8 Å². The number of nitriles is 1. The van der Waals surface area contributed by atoms with Gasteiger partial charge in [0.05, 0.1) is 11.6 Å². The van der Waals surface area contributed by atoms with Crippen molar-refractivity contribution in [1.82, 2.24) is 0 Å². The van der Waals surface area contributed by atoms with Gasteiger partial charge in [-0.15, -0.1) is 23.2 Å². The summed E-state index contributed by atoms with van der Waals surface area (Å²) in [5.74, 6) is 1.91. The van der Waals surface area contributed by atoms with E-state index in [1.807, 2.05) is 24.3 Å². The fourth-order valence-corrected chi connectivity index (χ4v) is 1.41. The number of benzene rings is 1. The number of nitrogens with zero attached hydrogens (tertiary/aromatic N) is 1. The van der Waals surface area contributed by atoms with Crippen molar-refractivity contribution in [3.63, 3.8) is 0 Å². The van der Waals surface area contributed by atoms with Crippen LogP contribution >= 0.6 is 34.8 Å². The molecule has 2 nitrogen and oxygen atoms in total. The lowest BCUT2D eigenvalue weighted by molar-refractivity contribution is 0.363. The smallest absolute Gasteiger partial charge is 0.119 e. The van der Waals surface area contributed by atoms with Gasteiger partial charge in [-0.05, 0) is 30.7 Å². The molecule has 0 bridgehead atoms. The van der Waals surface area contributed by atoms with E-state index in [1.54, 1.807) is 24.3 Å². The topological polar surface area (TPSA) is 33.0 Å². The Morgan fingerprint density at radius 2 is 1.80 bits per heavy atom. The summed E-state index contributed by atoms with van der Waals surface area (Å²) in [4.78, 5) is 0. The Bertz CT molecular complexity index is 435. The number of hydrogen-bond acceptors (Lipinski definition) is 2. The van der Waals surface area contributed by atoms with Crippen molar-refractivity contribution in [2.45, 2.75) is 6.42 Å². The standard InChI is InChI=1S/C11H10ClNO.C4H6Cl2/c12-7-1-2-8-14-11-5-3-10(9-13)4-6-11;5-3-1-2-4-6/h1-6H,7-8H2;1,3H,2,4H2. The Kier molecular flexibility index (Phi) is 13.5. The lowest BCUT2D eigenvalue weighted by Gasteiger charge is -2.01. The molecule has 0 aliphatic heterocycles. The van der Waals surface area contributed by atoms with Crippen LogP contribution in [0.3, 0.4) is 0 Å². The summed E-state index contributed by atoms with van der Waals surface area (Å²) in [6.07, 6.45) is 6.36. The number of hydrogen-bond donors (Lipinski definition) is 0. The number of rotatable bonds is 6. The zero-order valence-corrected chi connectivity index (χ0v) is 13.2. The molecule has 1 rings (SSSR count). The van der Waals surface area contributed by atoms with Crippen LogP contribution < -0.4 is 4.74 Å². The molecule has 5 heteroatoms. The van der Waals surface area contributed by atoms with Crippen LogP contribution in [0.5, 0.6) is 5.75 Å². The largest absolute Gasteiger partial charge is 0.490 e. The molecule has 0 aliphatic rings. The predicted octanol–water partition coefficient (Wildman–Crippen LogP) is 5.10.